The van der Waals surface area contributed by atoms with Crippen LogP contribution in [-0.2, 0) is 11.2 Å². The lowest BCUT2D eigenvalue weighted by Gasteiger charge is -2.18. The van der Waals surface area contributed by atoms with Gasteiger partial charge in [-0.3, -0.25) is 4.79 Å². The van der Waals surface area contributed by atoms with E-state index in [0.29, 0.717) is 12.0 Å². The van der Waals surface area contributed by atoms with Gasteiger partial charge in [0, 0.05) is 12.5 Å². The zero-order valence-electron chi connectivity index (χ0n) is 13.5. The molecule has 1 amide bonds. The Labute approximate surface area is 140 Å². The van der Waals surface area contributed by atoms with Gasteiger partial charge in [-0.15, -0.1) is 0 Å². The molecule has 0 bridgehead atoms. The number of benzene rings is 2. The van der Waals surface area contributed by atoms with Gasteiger partial charge in [0.05, 0.1) is 12.6 Å². The maximum Gasteiger partial charge on any atom is 0.220 e. The molecule has 0 aliphatic rings. The Hall–Kier alpha value is -2.27. The number of nitrogens with one attached hydrogen (secondary N) is 1. The highest BCUT2D eigenvalue weighted by Gasteiger charge is 2.18. The van der Waals surface area contributed by atoms with Crippen molar-refractivity contribution >= 4 is 5.91 Å². The summed E-state index contributed by atoms with van der Waals surface area (Å²) in [5.74, 6) is -1.96. The van der Waals surface area contributed by atoms with Gasteiger partial charge in [-0.1, -0.05) is 43.3 Å². The highest BCUT2D eigenvalue weighted by Crippen LogP contribution is 2.22. The fourth-order valence-electron chi connectivity index (χ4n) is 2.64. The Bertz CT molecular complexity index is 676. The average Bonchev–Trinajstić information content (AvgIpc) is 2.54. The minimum Gasteiger partial charge on any atom is -0.394 e. The van der Waals surface area contributed by atoms with Crippen LogP contribution >= 0.6 is 0 Å². The number of aliphatic hydroxyl groups excluding tert-OH is 1. The van der Waals surface area contributed by atoms with Gasteiger partial charge in [0.2, 0.25) is 5.91 Å². The van der Waals surface area contributed by atoms with Crippen molar-refractivity contribution in [3.05, 3.63) is 71.3 Å². The Morgan fingerprint density at radius 3 is 2.50 bits per heavy atom. The van der Waals surface area contributed by atoms with Crippen molar-refractivity contribution in [3.63, 3.8) is 0 Å². The van der Waals surface area contributed by atoms with Crippen LogP contribution in [0.25, 0.3) is 0 Å². The van der Waals surface area contributed by atoms with E-state index in [1.807, 2.05) is 30.3 Å². The molecule has 0 saturated heterocycles. The van der Waals surface area contributed by atoms with E-state index in [2.05, 4.69) is 5.32 Å². The standard InChI is InChI=1S/C19H21F2NO2/c1-13(17-8-7-15(20)11-18(17)21)9-19(24)22-16(12-23)10-14-5-3-2-4-6-14/h2-8,11,13,16,23H,9-10,12H2,1H3,(H,22,24). The highest BCUT2D eigenvalue weighted by atomic mass is 19.1. The molecule has 24 heavy (non-hydrogen) atoms. The molecule has 0 aromatic heterocycles. The van der Waals surface area contributed by atoms with Crippen LogP contribution in [0.5, 0.6) is 0 Å². The molecule has 3 nitrogen and oxygen atoms in total. The monoisotopic (exact) mass is 333 g/mol. The topological polar surface area (TPSA) is 49.3 Å². The zero-order valence-corrected chi connectivity index (χ0v) is 13.5. The van der Waals surface area contributed by atoms with Gasteiger partial charge in [-0.05, 0) is 29.5 Å². The summed E-state index contributed by atoms with van der Waals surface area (Å²) in [7, 11) is 0. The molecular formula is C19H21F2NO2. The summed E-state index contributed by atoms with van der Waals surface area (Å²) in [4.78, 5) is 12.1. The third kappa shape index (κ3) is 5.13. The predicted octanol–water partition coefficient (Wildman–Crippen LogP) is 3.18. The SMILES string of the molecule is CC(CC(=O)NC(CO)Cc1ccccc1)c1ccc(F)cc1F. The number of hydrogen-bond donors (Lipinski definition) is 2. The largest absolute Gasteiger partial charge is 0.394 e. The van der Waals surface area contributed by atoms with Gasteiger partial charge in [0.25, 0.3) is 0 Å². The van der Waals surface area contributed by atoms with E-state index in [9.17, 15) is 18.7 Å². The van der Waals surface area contributed by atoms with E-state index in [4.69, 9.17) is 0 Å². The zero-order chi connectivity index (χ0) is 17.5. The number of carbonyl (C=O) groups is 1. The second-order valence-corrected chi connectivity index (χ2v) is 5.91. The van der Waals surface area contributed by atoms with Gasteiger partial charge in [0.1, 0.15) is 11.6 Å². The molecule has 128 valence electrons. The van der Waals surface area contributed by atoms with Crippen LogP contribution in [0.4, 0.5) is 8.78 Å². The summed E-state index contributed by atoms with van der Waals surface area (Å²) in [6.45, 7) is 1.53. The van der Waals surface area contributed by atoms with E-state index < -0.39 is 17.7 Å². The number of halogens is 2. The molecule has 5 heteroatoms. The average molecular weight is 333 g/mol. The van der Waals surface area contributed by atoms with E-state index >= 15 is 0 Å². The second kappa shape index (κ2) is 8.55. The molecule has 2 N–H and O–H groups in total. The molecule has 0 radical (unpaired) electrons. The lowest BCUT2D eigenvalue weighted by molar-refractivity contribution is -0.122. The summed E-state index contributed by atoms with van der Waals surface area (Å²) in [6, 6.07) is 12.5. The smallest absolute Gasteiger partial charge is 0.220 e. The van der Waals surface area contributed by atoms with Crippen LogP contribution in [-0.4, -0.2) is 23.7 Å². The van der Waals surface area contributed by atoms with Gasteiger partial charge in [-0.2, -0.15) is 0 Å². The van der Waals surface area contributed by atoms with Crippen LogP contribution in [0.3, 0.4) is 0 Å². The molecule has 2 aromatic carbocycles. The second-order valence-electron chi connectivity index (χ2n) is 5.91. The molecule has 2 unspecified atom stereocenters. The van der Waals surface area contributed by atoms with Crippen molar-refractivity contribution in [2.45, 2.75) is 31.7 Å². The Balaban J connectivity index is 1.93. The summed E-state index contributed by atoms with van der Waals surface area (Å²) in [5.41, 5.74) is 1.31. The van der Waals surface area contributed by atoms with E-state index in [-0.39, 0.29) is 24.9 Å². The Morgan fingerprint density at radius 1 is 1.17 bits per heavy atom. The molecule has 0 saturated carbocycles. The molecular weight excluding hydrogens is 312 g/mol. The van der Waals surface area contributed by atoms with Crippen LogP contribution in [0.2, 0.25) is 0 Å². The molecule has 0 heterocycles. The predicted molar refractivity (Wildman–Crippen MR) is 88.6 cm³/mol. The first-order valence-corrected chi connectivity index (χ1v) is 7.88. The molecule has 2 atom stereocenters. The third-order valence-corrected chi connectivity index (χ3v) is 3.90. The van der Waals surface area contributed by atoms with Crippen LogP contribution in [0.1, 0.15) is 30.4 Å². The summed E-state index contributed by atoms with van der Waals surface area (Å²) < 4.78 is 26.7. The fourth-order valence-corrected chi connectivity index (χ4v) is 2.64. The van der Waals surface area contributed by atoms with Crippen LogP contribution < -0.4 is 5.32 Å². The van der Waals surface area contributed by atoms with Gasteiger partial charge in [-0.25, -0.2) is 8.78 Å². The van der Waals surface area contributed by atoms with Crippen LogP contribution in [0.15, 0.2) is 48.5 Å². The van der Waals surface area contributed by atoms with E-state index in [1.165, 1.54) is 12.1 Å². The summed E-state index contributed by atoms with van der Waals surface area (Å²) in [5, 5.41) is 12.2. The van der Waals surface area contributed by atoms with Gasteiger partial charge in [0.15, 0.2) is 0 Å². The van der Waals surface area contributed by atoms with Gasteiger partial charge >= 0.3 is 0 Å². The highest BCUT2D eigenvalue weighted by molar-refractivity contribution is 5.77. The first-order chi connectivity index (χ1) is 11.5. The molecule has 0 fully saturated rings. The van der Waals surface area contributed by atoms with Crippen molar-refractivity contribution in [1.82, 2.24) is 5.32 Å². The number of amides is 1. The number of hydrogen-bond acceptors (Lipinski definition) is 2. The van der Waals surface area contributed by atoms with Crippen molar-refractivity contribution in [2.75, 3.05) is 6.61 Å². The van der Waals surface area contributed by atoms with Crippen molar-refractivity contribution < 1.29 is 18.7 Å². The third-order valence-electron chi connectivity index (χ3n) is 3.90. The molecule has 0 aliphatic carbocycles. The quantitative estimate of drug-likeness (QED) is 0.818. The first-order valence-electron chi connectivity index (χ1n) is 7.88. The molecule has 0 spiro atoms. The van der Waals surface area contributed by atoms with E-state index in [0.717, 1.165) is 11.6 Å². The first kappa shape index (κ1) is 18.1. The Kier molecular flexibility index (Phi) is 6.44. The van der Waals surface area contributed by atoms with Crippen molar-refractivity contribution in [2.24, 2.45) is 0 Å². The normalized spacial score (nSPS) is 13.3. The van der Waals surface area contributed by atoms with Crippen molar-refractivity contribution in [3.8, 4) is 0 Å². The summed E-state index contributed by atoms with van der Waals surface area (Å²) >= 11 is 0. The minimum absolute atomic E-state index is 0.0633. The summed E-state index contributed by atoms with van der Waals surface area (Å²) in [6.07, 6.45) is 0.580. The Morgan fingerprint density at radius 2 is 1.88 bits per heavy atom. The lowest BCUT2D eigenvalue weighted by atomic mass is 9.96. The van der Waals surface area contributed by atoms with E-state index in [1.54, 1.807) is 6.92 Å². The number of aliphatic hydroxyl groups is 1. The van der Waals surface area contributed by atoms with Crippen LogP contribution in [0, 0.1) is 11.6 Å². The van der Waals surface area contributed by atoms with Crippen molar-refractivity contribution in [1.29, 1.82) is 0 Å². The van der Waals surface area contributed by atoms with Gasteiger partial charge < -0.3 is 10.4 Å². The maximum atomic E-state index is 13.8. The number of carbonyl (C=O) groups excluding carboxylic acids is 1. The number of rotatable bonds is 7. The maximum absolute atomic E-state index is 13.8. The molecule has 2 aromatic rings. The molecule has 0 aliphatic heterocycles. The lowest BCUT2D eigenvalue weighted by Crippen LogP contribution is -2.39. The molecule has 2 rings (SSSR count). The fraction of sp³-hybridized carbons (Fsp3) is 0.316. The minimum atomic E-state index is -0.654.